The summed E-state index contributed by atoms with van der Waals surface area (Å²) in [4.78, 5) is 12.0. The van der Waals surface area contributed by atoms with Crippen molar-refractivity contribution in [2.75, 3.05) is 6.54 Å². The van der Waals surface area contributed by atoms with Crippen molar-refractivity contribution in [1.82, 2.24) is 10.6 Å². The molecule has 4 heteroatoms. The minimum atomic E-state index is -0.190. The first-order chi connectivity index (χ1) is 9.41. The molecule has 0 aliphatic carbocycles. The van der Waals surface area contributed by atoms with Crippen LogP contribution in [0.5, 0.6) is 0 Å². The van der Waals surface area contributed by atoms with Gasteiger partial charge in [-0.1, -0.05) is 27.7 Å². The first kappa shape index (κ1) is 16.8. The van der Waals surface area contributed by atoms with Crippen molar-refractivity contribution >= 4 is 5.91 Å². The lowest BCUT2D eigenvalue weighted by Crippen LogP contribution is -2.44. The average Bonchev–Trinajstić information content (AvgIpc) is 2.88. The largest absolute Gasteiger partial charge is 0.467 e. The summed E-state index contributed by atoms with van der Waals surface area (Å²) in [5.74, 6) is 2.58. The van der Waals surface area contributed by atoms with E-state index in [0.29, 0.717) is 24.3 Å². The van der Waals surface area contributed by atoms with Crippen molar-refractivity contribution in [2.45, 2.75) is 47.2 Å². The molecule has 0 spiro atoms. The lowest BCUT2D eigenvalue weighted by Gasteiger charge is -2.26. The van der Waals surface area contributed by atoms with E-state index in [-0.39, 0.29) is 11.9 Å². The minimum absolute atomic E-state index is 0.00709. The number of furan rings is 1. The van der Waals surface area contributed by atoms with E-state index in [1.807, 2.05) is 19.1 Å². The molecule has 2 N–H and O–H groups in total. The first-order valence-electron chi connectivity index (χ1n) is 7.45. The van der Waals surface area contributed by atoms with E-state index in [1.165, 1.54) is 0 Å². The monoisotopic (exact) mass is 280 g/mol. The van der Waals surface area contributed by atoms with Crippen LogP contribution in [-0.4, -0.2) is 18.5 Å². The second-order valence-electron chi connectivity index (χ2n) is 6.08. The van der Waals surface area contributed by atoms with Gasteiger partial charge in [-0.3, -0.25) is 4.79 Å². The number of nitrogens with one attached hydrogen (secondary N) is 2. The van der Waals surface area contributed by atoms with Crippen LogP contribution in [0.1, 0.15) is 40.4 Å². The first-order valence-corrected chi connectivity index (χ1v) is 7.45. The summed E-state index contributed by atoms with van der Waals surface area (Å²) in [5, 5.41) is 6.20. The predicted molar refractivity (Wildman–Crippen MR) is 81.2 cm³/mol. The summed E-state index contributed by atoms with van der Waals surface area (Å²) in [7, 11) is 0. The van der Waals surface area contributed by atoms with Crippen molar-refractivity contribution in [3.8, 4) is 0 Å². The van der Waals surface area contributed by atoms with Crippen LogP contribution in [0.2, 0.25) is 0 Å². The van der Waals surface area contributed by atoms with E-state index in [2.05, 4.69) is 38.3 Å². The van der Waals surface area contributed by atoms with Crippen molar-refractivity contribution in [1.29, 1.82) is 0 Å². The van der Waals surface area contributed by atoms with E-state index >= 15 is 0 Å². The van der Waals surface area contributed by atoms with E-state index < -0.39 is 0 Å². The maximum absolute atomic E-state index is 12.0. The number of amides is 1. The van der Waals surface area contributed by atoms with Crippen LogP contribution >= 0.6 is 0 Å². The highest BCUT2D eigenvalue weighted by atomic mass is 16.3. The van der Waals surface area contributed by atoms with E-state index in [4.69, 9.17) is 4.42 Å². The van der Waals surface area contributed by atoms with Crippen molar-refractivity contribution in [3.05, 3.63) is 24.2 Å². The van der Waals surface area contributed by atoms with Crippen LogP contribution in [0.4, 0.5) is 0 Å². The fourth-order valence-corrected chi connectivity index (χ4v) is 2.39. The number of hydrogen-bond acceptors (Lipinski definition) is 3. The van der Waals surface area contributed by atoms with Gasteiger partial charge in [0.1, 0.15) is 5.76 Å². The Balaban J connectivity index is 2.33. The second-order valence-corrected chi connectivity index (χ2v) is 6.08. The Morgan fingerprint density at radius 1 is 1.20 bits per heavy atom. The number of rotatable bonds is 8. The van der Waals surface area contributed by atoms with Gasteiger partial charge in [-0.15, -0.1) is 0 Å². The summed E-state index contributed by atoms with van der Waals surface area (Å²) in [6, 6.07) is 3.48. The number of carbonyl (C=O) groups excluding carboxylic acids is 1. The Kier molecular flexibility index (Phi) is 6.79. The molecule has 1 aromatic heterocycles. The smallest absolute Gasteiger partial charge is 0.237 e. The summed E-state index contributed by atoms with van der Waals surface area (Å²) < 4.78 is 5.19. The van der Waals surface area contributed by atoms with E-state index in [1.54, 1.807) is 6.26 Å². The normalized spacial score (nSPS) is 13.2. The standard InChI is InChI=1S/C16H28N2O2/c1-11(2)15(12(3)4)10-17-13(5)16(19)18-9-14-7-6-8-20-14/h6-8,11-13,15,17H,9-10H2,1-5H3,(H,18,19). The molecule has 4 nitrogen and oxygen atoms in total. The average molecular weight is 280 g/mol. The molecule has 1 aromatic rings. The molecule has 20 heavy (non-hydrogen) atoms. The molecule has 1 atom stereocenters. The fourth-order valence-electron chi connectivity index (χ4n) is 2.39. The Morgan fingerprint density at radius 2 is 1.85 bits per heavy atom. The van der Waals surface area contributed by atoms with Crippen LogP contribution in [0.25, 0.3) is 0 Å². The van der Waals surface area contributed by atoms with Gasteiger partial charge >= 0.3 is 0 Å². The Morgan fingerprint density at radius 3 is 2.35 bits per heavy atom. The number of hydrogen-bond donors (Lipinski definition) is 2. The van der Waals surface area contributed by atoms with Gasteiger partial charge in [0.2, 0.25) is 5.91 Å². The van der Waals surface area contributed by atoms with Gasteiger partial charge in [0, 0.05) is 0 Å². The molecule has 0 radical (unpaired) electrons. The van der Waals surface area contributed by atoms with Crippen molar-refractivity contribution < 1.29 is 9.21 Å². The Labute approximate surface area is 122 Å². The zero-order valence-electron chi connectivity index (χ0n) is 13.3. The topological polar surface area (TPSA) is 54.3 Å². The molecule has 0 saturated heterocycles. The molecule has 0 aliphatic rings. The third-order valence-electron chi connectivity index (χ3n) is 3.78. The van der Waals surface area contributed by atoms with Crippen LogP contribution in [0.3, 0.4) is 0 Å². The Hall–Kier alpha value is -1.29. The SMILES string of the molecule is CC(NCC(C(C)C)C(C)C)C(=O)NCc1ccco1. The van der Waals surface area contributed by atoms with Gasteiger partial charge < -0.3 is 15.1 Å². The highest BCUT2D eigenvalue weighted by Crippen LogP contribution is 2.19. The molecule has 0 aliphatic heterocycles. The summed E-state index contributed by atoms with van der Waals surface area (Å²) >= 11 is 0. The van der Waals surface area contributed by atoms with Gasteiger partial charge in [0.25, 0.3) is 0 Å². The minimum Gasteiger partial charge on any atom is -0.467 e. The molecule has 1 rings (SSSR count). The van der Waals surface area contributed by atoms with Crippen LogP contribution in [-0.2, 0) is 11.3 Å². The van der Waals surface area contributed by atoms with Gasteiger partial charge in [0.15, 0.2) is 0 Å². The molecule has 114 valence electrons. The van der Waals surface area contributed by atoms with E-state index in [0.717, 1.165) is 12.3 Å². The molecular weight excluding hydrogens is 252 g/mol. The maximum atomic E-state index is 12.0. The molecule has 0 bridgehead atoms. The zero-order valence-corrected chi connectivity index (χ0v) is 13.3. The van der Waals surface area contributed by atoms with Crippen LogP contribution in [0.15, 0.2) is 22.8 Å². The second kappa shape index (κ2) is 8.10. The summed E-state index contributed by atoms with van der Waals surface area (Å²) in [6.07, 6.45) is 1.61. The van der Waals surface area contributed by atoms with Crippen LogP contribution < -0.4 is 10.6 Å². The van der Waals surface area contributed by atoms with Gasteiger partial charge in [-0.05, 0) is 43.4 Å². The quantitative estimate of drug-likeness (QED) is 0.770. The van der Waals surface area contributed by atoms with Crippen molar-refractivity contribution in [2.24, 2.45) is 17.8 Å². The lowest BCUT2D eigenvalue weighted by molar-refractivity contribution is -0.123. The molecule has 0 fully saturated rings. The van der Waals surface area contributed by atoms with Crippen molar-refractivity contribution in [3.63, 3.8) is 0 Å². The lowest BCUT2D eigenvalue weighted by atomic mass is 9.85. The highest BCUT2D eigenvalue weighted by Gasteiger charge is 2.20. The predicted octanol–water partition coefficient (Wildman–Crippen LogP) is 2.80. The van der Waals surface area contributed by atoms with Gasteiger partial charge in [0.05, 0.1) is 18.8 Å². The molecule has 0 aromatic carbocycles. The van der Waals surface area contributed by atoms with Crippen LogP contribution in [0, 0.1) is 17.8 Å². The highest BCUT2D eigenvalue weighted by molar-refractivity contribution is 5.81. The number of carbonyl (C=O) groups is 1. The third kappa shape index (κ3) is 5.37. The molecule has 1 heterocycles. The summed E-state index contributed by atoms with van der Waals surface area (Å²) in [5.41, 5.74) is 0. The molecule has 0 saturated carbocycles. The Bertz CT molecular complexity index is 377. The summed E-state index contributed by atoms with van der Waals surface area (Å²) in [6.45, 7) is 12.1. The van der Waals surface area contributed by atoms with E-state index in [9.17, 15) is 4.79 Å². The molecule has 1 unspecified atom stereocenters. The zero-order chi connectivity index (χ0) is 15.1. The fraction of sp³-hybridized carbons (Fsp3) is 0.688. The van der Waals surface area contributed by atoms with Gasteiger partial charge in [-0.2, -0.15) is 0 Å². The third-order valence-corrected chi connectivity index (χ3v) is 3.78. The maximum Gasteiger partial charge on any atom is 0.237 e. The molecule has 1 amide bonds. The molecular formula is C16H28N2O2. The van der Waals surface area contributed by atoms with Gasteiger partial charge in [-0.25, -0.2) is 0 Å².